The molecule has 184 valence electrons. The van der Waals surface area contributed by atoms with Gasteiger partial charge in [-0.05, 0) is 61.0 Å². The van der Waals surface area contributed by atoms with Gasteiger partial charge in [0.2, 0.25) is 0 Å². The van der Waals surface area contributed by atoms with Gasteiger partial charge >= 0.3 is 0 Å². The minimum Gasteiger partial charge on any atom is -0.493 e. The first-order valence-corrected chi connectivity index (χ1v) is 12.6. The predicted molar refractivity (Wildman–Crippen MR) is 133 cm³/mol. The van der Waals surface area contributed by atoms with Crippen molar-refractivity contribution in [3.05, 3.63) is 77.3 Å². The molecule has 0 aromatic heterocycles. The summed E-state index contributed by atoms with van der Waals surface area (Å²) in [5.74, 6) is 0.965. The second-order valence-electron chi connectivity index (χ2n) is 7.91. The SMILES string of the molecule is COc1ccc([C@@H](C)NC(=O)[C@H]2CN(S(=O)(=O)c3ccc(Cl)cc3)c3ccccc3O2)cc1OC. The van der Waals surface area contributed by atoms with E-state index >= 15 is 0 Å². The Morgan fingerprint density at radius 1 is 1.06 bits per heavy atom. The maximum Gasteiger partial charge on any atom is 0.264 e. The second-order valence-corrected chi connectivity index (χ2v) is 10.2. The third-order valence-electron chi connectivity index (χ3n) is 5.70. The molecule has 1 aliphatic heterocycles. The van der Waals surface area contributed by atoms with Crippen LogP contribution in [-0.4, -0.2) is 41.2 Å². The highest BCUT2D eigenvalue weighted by molar-refractivity contribution is 7.92. The van der Waals surface area contributed by atoms with Crippen LogP contribution in [0.25, 0.3) is 0 Å². The Morgan fingerprint density at radius 3 is 2.43 bits per heavy atom. The lowest BCUT2D eigenvalue weighted by atomic mass is 10.1. The van der Waals surface area contributed by atoms with Gasteiger partial charge in [0.25, 0.3) is 15.9 Å². The average molecular weight is 517 g/mol. The number of benzene rings is 3. The molecule has 2 atom stereocenters. The molecule has 1 N–H and O–H groups in total. The van der Waals surface area contributed by atoms with Gasteiger partial charge in [0.15, 0.2) is 17.6 Å². The van der Waals surface area contributed by atoms with E-state index in [1.165, 1.54) is 35.7 Å². The highest BCUT2D eigenvalue weighted by Gasteiger charge is 2.37. The lowest BCUT2D eigenvalue weighted by Crippen LogP contribution is -2.51. The van der Waals surface area contributed by atoms with E-state index in [4.69, 9.17) is 25.8 Å². The zero-order valence-electron chi connectivity index (χ0n) is 19.4. The number of amides is 1. The number of methoxy groups -OCH3 is 2. The first-order chi connectivity index (χ1) is 16.7. The summed E-state index contributed by atoms with van der Waals surface area (Å²) >= 11 is 5.93. The monoisotopic (exact) mass is 516 g/mol. The van der Waals surface area contributed by atoms with E-state index in [1.807, 2.05) is 13.0 Å². The minimum absolute atomic E-state index is 0.0662. The number of ether oxygens (including phenoxy) is 3. The molecule has 0 spiro atoms. The summed E-state index contributed by atoms with van der Waals surface area (Å²) in [6.45, 7) is 1.63. The molecule has 0 bridgehead atoms. The number of fused-ring (bicyclic) bond motifs is 1. The summed E-state index contributed by atoms with van der Waals surface area (Å²) in [5, 5.41) is 3.33. The Labute approximate surface area is 209 Å². The lowest BCUT2D eigenvalue weighted by molar-refractivity contribution is -0.128. The van der Waals surface area contributed by atoms with Crippen LogP contribution in [0.4, 0.5) is 5.69 Å². The van der Waals surface area contributed by atoms with Crippen molar-refractivity contribution < 1.29 is 27.4 Å². The number of rotatable bonds is 7. The highest BCUT2D eigenvalue weighted by Crippen LogP contribution is 2.37. The standard InChI is InChI=1S/C25H25ClN2O6S/c1-16(17-8-13-22(32-2)23(14-17)33-3)27-25(29)24-15-28(20-6-4-5-7-21(20)34-24)35(30,31)19-11-9-18(26)10-12-19/h4-14,16,24H,15H2,1-3H3,(H,27,29)/t16-,24-/m1/s1. The first-order valence-electron chi connectivity index (χ1n) is 10.8. The number of nitrogens with zero attached hydrogens (tertiary/aromatic N) is 1. The van der Waals surface area contributed by atoms with E-state index in [0.29, 0.717) is 28.0 Å². The number of carbonyl (C=O) groups excluding carboxylic acids is 1. The van der Waals surface area contributed by atoms with Crippen LogP contribution in [0, 0.1) is 0 Å². The van der Waals surface area contributed by atoms with Crippen LogP contribution in [0.15, 0.2) is 71.6 Å². The topological polar surface area (TPSA) is 94.2 Å². The van der Waals surface area contributed by atoms with Gasteiger partial charge in [-0.2, -0.15) is 0 Å². The molecule has 10 heteroatoms. The summed E-state index contributed by atoms with van der Waals surface area (Å²) < 4.78 is 44.7. The number of carbonyl (C=O) groups is 1. The van der Waals surface area contributed by atoms with Crippen LogP contribution in [0.1, 0.15) is 18.5 Å². The molecule has 3 aromatic carbocycles. The molecule has 1 heterocycles. The Hall–Kier alpha value is -3.43. The van der Waals surface area contributed by atoms with Crippen LogP contribution in [-0.2, 0) is 14.8 Å². The normalized spacial score (nSPS) is 16.0. The molecule has 4 rings (SSSR count). The van der Waals surface area contributed by atoms with Crippen LogP contribution in [0.2, 0.25) is 5.02 Å². The summed E-state index contributed by atoms with van der Waals surface area (Å²) in [6.07, 6.45) is -1.06. The number of nitrogens with one attached hydrogen (secondary N) is 1. The number of para-hydroxylation sites is 2. The van der Waals surface area contributed by atoms with Crippen LogP contribution >= 0.6 is 11.6 Å². The minimum atomic E-state index is -3.97. The molecule has 0 radical (unpaired) electrons. The van der Waals surface area contributed by atoms with Gasteiger partial charge < -0.3 is 19.5 Å². The smallest absolute Gasteiger partial charge is 0.264 e. The fourth-order valence-electron chi connectivity index (χ4n) is 3.81. The van der Waals surface area contributed by atoms with E-state index in [9.17, 15) is 13.2 Å². The van der Waals surface area contributed by atoms with Gasteiger partial charge in [-0.3, -0.25) is 9.10 Å². The number of hydrogen-bond acceptors (Lipinski definition) is 6. The third-order valence-corrected chi connectivity index (χ3v) is 7.74. The Morgan fingerprint density at radius 2 is 1.74 bits per heavy atom. The zero-order chi connectivity index (χ0) is 25.2. The van der Waals surface area contributed by atoms with Gasteiger partial charge in [0, 0.05) is 5.02 Å². The molecular formula is C25H25ClN2O6S. The predicted octanol–water partition coefficient (Wildman–Crippen LogP) is 4.19. The van der Waals surface area contributed by atoms with Crippen molar-refractivity contribution in [1.29, 1.82) is 0 Å². The largest absolute Gasteiger partial charge is 0.493 e. The number of sulfonamides is 1. The maximum atomic E-state index is 13.5. The lowest BCUT2D eigenvalue weighted by Gasteiger charge is -2.35. The molecule has 0 saturated heterocycles. The Bertz CT molecular complexity index is 1330. The van der Waals surface area contributed by atoms with Crippen molar-refractivity contribution in [3.63, 3.8) is 0 Å². The number of hydrogen-bond donors (Lipinski definition) is 1. The van der Waals surface area contributed by atoms with E-state index in [2.05, 4.69) is 5.32 Å². The average Bonchev–Trinajstić information content (AvgIpc) is 2.87. The van der Waals surface area contributed by atoms with Crippen LogP contribution < -0.4 is 23.8 Å². The van der Waals surface area contributed by atoms with Gasteiger partial charge in [-0.1, -0.05) is 29.8 Å². The van der Waals surface area contributed by atoms with Gasteiger partial charge in [0.1, 0.15) is 5.75 Å². The number of anilines is 1. The third kappa shape index (κ3) is 5.01. The van der Waals surface area contributed by atoms with Crippen molar-refractivity contribution in [3.8, 4) is 17.2 Å². The fraction of sp³-hybridized carbons (Fsp3) is 0.240. The van der Waals surface area contributed by atoms with Gasteiger partial charge in [-0.15, -0.1) is 0 Å². The zero-order valence-corrected chi connectivity index (χ0v) is 21.0. The molecule has 1 aliphatic rings. The highest BCUT2D eigenvalue weighted by atomic mass is 35.5. The van der Waals surface area contributed by atoms with Crippen LogP contribution in [0.3, 0.4) is 0 Å². The maximum absolute atomic E-state index is 13.5. The molecule has 0 fully saturated rings. The van der Waals surface area contributed by atoms with E-state index in [1.54, 1.807) is 43.5 Å². The Kier molecular flexibility index (Phi) is 7.09. The molecule has 1 amide bonds. The van der Waals surface area contributed by atoms with Crippen LogP contribution in [0.5, 0.6) is 17.2 Å². The summed E-state index contributed by atoms with van der Waals surface area (Å²) in [4.78, 5) is 13.3. The van der Waals surface area contributed by atoms with Crippen molar-refractivity contribution in [2.75, 3.05) is 25.1 Å². The van der Waals surface area contributed by atoms with E-state index in [0.717, 1.165) is 5.56 Å². The molecule has 8 nitrogen and oxygen atoms in total. The quantitative estimate of drug-likeness (QED) is 0.506. The van der Waals surface area contributed by atoms with Crippen molar-refractivity contribution >= 4 is 33.2 Å². The molecule has 3 aromatic rings. The Balaban J connectivity index is 1.59. The van der Waals surface area contributed by atoms with Gasteiger partial charge in [-0.25, -0.2) is 8.42 Å². The van der Waals surface area contributed by atoms with E-state index < -0.39 is 28.1 Å². The van der Waals surface area contributed by atoms with E-state index in [-0.39, 0.29) is 11.4 Å². The second kappa shape index (κ2) is 10.1. The summed E-state index contributed by atoms with van der Waals surface area (Å²) in [7, 11) is -0.890. The van der Waals surface area contributed by atoms with Crippen molar-refractivity contribution in [2.24, 2.45) is 0 Å². The molecule has 0 aliphatic carbocycles. The number of halogens is 1. The summed E-state index contributed by atoms with van der Waals surface area (Å²) in [6, 6.07) is 17.6. The first kappa shape index (κ1) is 24.7. The molecule has 0 unspecified atom stereocenters. The summed E-state index contributed by atoms with van der Waals surface area (Å²) in [5.41, 5.74) is 1.15. The van der Waals surface area contributed by atoms with Crippen molar-refractivity contribution in [1.82, 2.24) is 5.32 Å². The molecule has 0 saturated carbocycles. The van der Waals surface area contributed by atoms with Crippen molar-refractivity contribution in [2.45, 2.75) is 24.0 Å². The fourth-order valence-corrected chi connectivity index (χ4v) is 5.41. The molecule has 35 heavy (non-hydrogen) atoms. The molecular weight excluding hydrogens is 492 g/mol. The van der Waals surface area contributed by atoms with Gasteiger partial charge in [0.05, 0.1) is 37.4 Å².